The molecule has 0 saturated heterocycles. The number of hydrogen-bond donors (Lipinski definition) is 1. The van der Waals surface area contributed by atoms with Gasteiger partial charge in [0.05, 0.1) is 5.69 Å². The highest BCUT2D eigenvalue weighted by atomic mass is 35.5. The largest absolute Gasteiger partial charge is 0.481 e. The lowest BCUT2D eigenvalue weighted by atomic mass is 9.96. The predicted molar refractivity (Wildman–Crippen MR) is 67.6 cm³/mol. The zero-order valence-electron chi connectivity index (χ0n) is 9.45. The van der Waals surface area contributed by atoms with Gasteiger partial charge in [0.25, 0.3) is 0 Å². The van der Waals surface area contributed by atoms with Crippen molar-refractivity contribution >= 4 is 17.6 Å². The standard InChI is InChI=1S/C13H11ClN2O2/c14-10-5-3-9(4-6-10)8-11(13(17)18)12-2-1-7-15-16-12/h1-7,11H,8H2,(H,17,18). The quantitative estimate of drug-likeness (QED) is 0.920. The molecular weight excluding hydrogens is 252 g/mol. The summed E-state index contributed by atoms with van der Waals surface area (Å²) >= 11 is 5.79. The van der Waals surface area contributed by atoms with E-state index in [1.165, 1.54) is 6.20 Å². The fourth-order valence-electron chi connectivity index (χ4n) is 1.67. The van der Waals surface area contributed by atoms with Gasteiger partial charge in [0.15, 0.2) is 0 Å². The van der Waals surface area contributed by atoms with Crippen LogP contribution >= 0.6 is 11.6 Å². The Morgan fingerprint density at radius 1 is 1.28 bits per heavy atom. The van der Waals surface area contributed by atoms with Crippen molar-refractivity contribution < 1.29 is 9.90 Å². The third-order valence-corrected chi connectivity index (χ3v) is 2.85. The van der Waals surface area contributed by atoms with Crippen molar-refractivity contribution in [3.05, 3.63) is 58.9 Å². The molecule has 1 atom stereocenters. The molecule has 0 aliphatic rings. The number of aliphatic carboxylic acids is 1. The maximum absolute atomic E-state index is 11.3. The van der Waals surface area contributed by atoms with Crippen LogP contribution in [0.15, 0.2) is 42.6 Å². The number of carbonyl (C=O) groups is 1. The summed E-state index contributed by atoms with van der Waals surface area (Å²) < 4.78 is 0. The molecule has 2 rings (SSSR count). The normalized spacial score (nSPS) is 12.1. The molecule has 0 aliphatic carbocycles. The number of rotatable bonds is 4. The van der Waals surface area contributed by atoms with E-state index < -0.39 is 11.9 Å². The van der Waals surface area contributed by atoms with Gasteiger partial charge in [-0.3, -0.25) is 4.79 Å². The Balaban J connectivity index is 2.22. The lowest BCUT2D eigenvalue weighted by molar-refractivity contribution is -0.138. The summed E-state index contributed by atoms with van der Waals surface area (Å²) in [6.45, 7) is 0. The van der Waals surface area contributed by atoms with Gasteiger partial charge in [0, 0.05) is 11.2 Å². The molecule has 1 aromatic heterocycles. The first-order valence-electron chi connectivity index (χ1n) is 5.41. The summed E-state index contributed by atoms with van der Waals surface area (Å²) in [5.74, 6) is -1.61. The molecule has 0 spiro atoms. The Labute approximate surface area is 109 Å². The van der Waals surface area contributed by atoms with E-state index in [2.05, 4.69) is 10.2 Å². The van der Waals surface area contributed by atoms with Gasteiger partial charge < -0.3 is 5.11 Å². The maximum atomic E-state index is 11.3. The topological polar surface area (TPSA) is 63.1 Å². The molecule has 0 fully saturated rings. The lowest BCUT2D eigenvalue weighted by Crippen LogP contribution is -2.16. The molecule has 0 bridgehead atoms. The van der Waals surface area contributed by atoms with Crippen LogP contribution < -0.4 is 0 Å². The first kappa shape index (κ1) is 12.5. The molecule has 4 nitrogen and oxygen atoms in total. The fourth-order valence-corrected chi connectivity index (χ4v) is 1.80. The highest BCUT2D eigenvalue weighted by Gasteiger charge is 2.21. The maximum Gasteiger partial charge on any atom is 0.313 e. The van der Waals surface area contributed by atoms with Crippen LogP contribution in [-0.4, -0.2) is 21.3 Å². The third kappa shape index (κ3) is 3.05. The fraction of sp³-hybridized carbons (Fsp3) is 0.154. The second kappa shape index (κ2) is 5.60. The summed E-state index contributed by atoms with van der Waals surface area (Å²) in [4.78, 5) is 11.3. The van der Waals surface area contributed by atoms with Crippen LogP contribution in [0.3, 0.4) is 0 Å². The van der Waals surface area contributed by atoms with E-state index in [-0.39, 0.29) is 0 Å². The van der Waals surface area contributed by atoms with Gasteiger partial charge in [0.2, 0.25) is 0 Å². The summed E-state index contributed by atoms with van der Waals surface area (Å²) in [5.41, 5.74) is 1.36. The van der Waals surface area contributed by atoms with Crippen LogP contribution in [0.2, 0.25) is 5.02 Å². The minimum Gasteiger partial charge on any atom is -0.481 e. The average molecular weight is 263 g/mol. The zero-order chi connectivity index (χ0) is 13.0. The summed E-state index contributed by atoms with van der Waals surface area (Å²) in [6, 6.07) is 10.5. The second-order valence-electron chi connectivity index (χ2n) is 3.87. The van der Waals surface area contributed by atoms with Crippen LogP contribution in [0.4, 0.5) is 0 Å². The molecule has 2 aromatic rings. The minimum absolute atomic E-state index is 0.366. The Morgan fingerprint density at radius 2 is 2.00 bits per heavy atom. The Kier molecular flexibility index (Phi) is 3.89. The molecule has 0 aliphatic heterocycles. The number of benzene rings is 1. The van der Waals surface area contributed by atoms with Gasteiger partial charge in [0.1, 0.15) is 5.92 Å². The number of hydrogen-bond acceptors (Lipinski definition) is 3. The number of halogens is 1. The van der Waals surface area contributed by atoms with Gasteiger partial charge in [-0.2, -0.15) is 10.2 Å². The van der Waals surface area contributed by atoms with Gasteiger partial charge in [-0.25, -0.2) is 0 Å². The molecule has 0 amide bonds. The summed E-state index contributed by atoms with van der Waals surface area (Å²) in [7, 11) is 0. The van der Waals surface area contributed by atoms with Gasteiger partial charge >= 0.3 is 5.97 Å². The SMILES string of the molecule is O=C(O)C(Cc1ccc(Cl)cc1)c1cccnn1. The third-order valence-electron chi connectivity index (χ3n) is 2.60. The van der Waals surface area contributed by atoms with E-state index >= 15 is 0 Å². The Hall–Kier alpha value is -1.94. The highest BCUT2D eigenvalue weighted by Crippen LogP contribution is 2.20. The van der Waals surface area contributed by atoms with E-state index in [1.54, 1.807) is 24.3 Å². The first-order valence-corrected chi connectivity index (χ1v) is 5.79. The van der Waals surface area contributed by atoms with E-state index in [1.807, 2.05) is 12.1 Å². The monoisotopic (exact) mass is 262 g/mol. The zero-order valence-corrected chi connectivity index (χ0v) is 10.2. The molecule has 1 unspecified atom stereocenters. The smallest absolute Gasteiger partial charge is 0.313 e. The van der Waals surface area contributed by atoms with E-state index in [0.29, 0.717) is 17.1 Å². The van der Waals surface area contributed by atoms with Crippen molar-refractivity contribution in [2.75, 3.05) is 0 Å². The number of carboxylic acids is 1. The summed E-state index contributed by atoms with van der Waals surface area (Å²) in [5, 5.41) is 17.4. The van der Waals surface area contributed by atoms with Crippen LogP contribution in [0, 0.1) is 0 Å². The molecule has 92 valence electrons. The van der Waals surface area contributed by atoms with Gasteiger partial charge in [-0.1, -0.05) is 23.7 Å². The van der Waals surface area contributed by atoms with Crippen molar-refractivity contribution in [3.8, 4) is 0 Å². The molecule has 1 N–H and O–H groups in total. The van der Waals surface area contributed by atoms with Crippen molar-refractivity contribution in [1.29, 1.82) is 0 Å². The number of aromatic nitrogens is 2. The van der Waals surface area contributed by atoms with E-state index in [4.69, 9.17) is 11.6 Å². The molecule has 0 radical (unpaired) electrons. The molecule has 0 saturated carbocycles. The molecule has 1 aromatic carbocycles. The van der Waals surface area contributed by atoms with Crippen molar-refractivity contribution in [2.24, 2.45) is 0 Å². The lowest BCUT2D eigenvalue weighted by Gasteiger charge is -2.11. The predicted octanol–water partition coefficient (Wildman–Crippen LogP) is 2.54. The molecular formula is C13H11ClN2O2. The average Bonchev–Trinajstić information content (AvgIpc) is 2.38. The minimum atomic E-state index is -0.912. The Bertz CT molecular complexity index is 528. The van der Waals surface area contributed by atoms with Gasteiger partial charge in [-0.05, 0) is 36.2 Å². The number of carboxylic acid groups (broad SMARTS) is 1. The Morgan fingerprint density at radius 3 is 2.56 bits per heavy atom. The molecule has 18 heavy (non-hydrogen) atoms. The van der Waals surface area contributed by atoms with Crippen molar-refractivity contribution in [1.82, 2.24) is 10.2 Å². The van der Waals surface area contributed by atoms with Crippen LogP contribution in [0.5, 0.6) is 0 Å². The van der Waals surface area contributed by atoms with Crippen molar-refractivity contribution in [2.45, 2.75) is 12.3 Å². The highest BCUT2D eigenvalue weighted by molar-refractivity contribution is 6.30. The van der Waals surface area contributed by atoms with Crippen LogP contribution in [0.25, 0.3) is 0 Å². The van der Waals surface area contributed by atoms with Crippen LogP contribution in [0.1, 0.15) is 17.2 Å². The van der Waals surface area contributed by atoms with E-state index in [0.717, 1.165) is 5.56 Å². The van der Waals surface area contributed by atoms with E-state index in [9.17, 15) is 9.90 Å². The molecule has 1 heterocycles. The van der Waals surface area contributed by atoms with Gasteiger partial charge in [-0.15, -0.1) is 0 Å². The molecule has 5 heteroatoms. The van der Waals surface area contributed by atoms with Crippen molar-refractivity contribution in [3.63, 3.8) is 0 Å². The number of nitrogens with zero attached hydrogens (tertiary/aromatic N) is 2. The second-order valence-corrected chi connectivity index (χ2v) is 4.31. The summed E-state index contributed by atoms with van der Waals surface area (Å²) in [6.07, 6.45) is 1.88. The van der Waals surface area contributed by atoms with Crippen LogP contribution in [-0.2, 0) is 11.2 Å². The first-order chi connectivity index (χ1) is 8.66.